The molecule has 0 aliphatic carbocycles. The lowest BCUT2D eigenvalue weighted by Gasteiger charge is -2.29. The molecule has 2 aromatic carbocycles. The molecule has 0 saturated heterocycles. The summed E-state index contributed by atoms with van der Waals surface area (Å²) in [6.07, 6.45) is 3.68. The molecule has 0 saturated carbocycles. The molecule has 0 radical (unpaired) electrons. The zero-order valence-electron chi connectivity index (χ0n) is 10.3. The maximum Gasteiger partial charge on any atom is 0.232 e. The summed E-state index contributed by atoms with van der Waals surface area (Å²) in [7, 11) is 0. The minimum atomic E-state index is -0.929. The number of hydrogen-bond donors (Lipinski definition) is 1. The predicted molar refractivity (Wildman–Crippen MR) is 80.0 cm³/mol. The molecule has 0 aromatic heterocycles. The highest BCUT2D eigenvalue weighted by Crippen LogP contribution is 2.32. The van der Waals surface area contributed by atoms with Crippen LogP contribution in [0.3, 0.4) is 0 Å². The van der Waals surface area contributed by atoms with E-state index in [1.165, 1.54) is 0 Å². The van der Waals surface area contributed by atoms with Crippen LogP contribution in [0.1, 0.15) is 11.1 Å². The van der Waals surface area contributed by atoms with E-state index >= 15 is 0 Å². The molecule has 1 unspecified atom stereocenters. The average molecular weight is 269 g/mol. The molecule has 0 amide bonds. The van der Waals surface area contributed by atoms with Gasteiger partial charge in [-0.2, -0.15) is 0 Å². The van der Waals surface area contributed by atoms with Gasteiger partial charge in [-0.1, -0.05) is 72.3 Å². The molecule has 0 spiro atoms. The van der Waals surface area contributed by atoms with Crippen molar-refractivity contribution in [1.82, 2.24) is 5.32 Å². The van der Waals surface area contributed by atoms with E-state index in [1.807, 2.05) is 66.7 Å². The van der Waals surface area contributed by atoms with E-state index in [1.54, 1.807) is 6.21 Å². The number of aliphatic imine (C=N–C) groups is 1. The van der Waals surface area contributed by atoms with Crippen LogP contribution in [-0.4, -0.2) is 6.21 Å². The Morgan fingerprint density at radius 3 is 2.21 bits per heavy atom. The standard InChI is InChI=1S/C16H13ClN2/c17-16(14-9-5-2-6-10-14)18-12-11-15(19-16)13-7-3-1-4-8-13/h1-12,19H. The summed E-state index contributed by atoms with van der Waals surface area (Å²) in [5.74, 6) is 0. The SMILES string of the molecule is ClC1(c2ccccc2)N=CC=C(c2ccccc2)N1. The van der Waals surface area contributed by atoms with Crippen molar-refractivity contribution in [3.8, 4) is 0 Å². The van der Waals surface area contributed by atoms with Gasteiger partial charge in [0.05, 0.1) is 0 Å². The van der Waals surface area contributed by atoms with E-state index in [9.17, 15) is 0 Å². The molecule has 1 heterocycles. The first-order valence-electron chi connectivity index (χ1n) is 6.11. The van der Waals surface area contributed by atoms with Crippen molar-refractivity contribution < 1.29 is 0 Å². The topological polar surface area (TPSA) is 24.4 Å². The van der Waals surface area contributed by atoms with Gasteiger partial charge in [0.2, 0.25) is 5.12 Å². The van der Waals surface area contributed by atoms with Crippen LogP contribution in [0.2, 0.25) is 0 Å². The van der Waals surface area contributed by atoms with Crippen LogP contribution < -0.4 is 5.32 Å². The lowest BCUT2D eigenvalue weighted by Crippen LogP contribution is -2.36. The maximum absolute atomic E-state index is 6.60. The molecule has 94 valence electrons. The molecule has 1 aliphatic heterocycles. The minimum absolute atomic E-state index is 0.925. The molecule has 1 N–H and O–H groups in total. The Labute approximate surface area is 117 Å². The Kier molecular flexibility index (Phi) is 3.10. The van der Waals surface area contributed by atoms with E-state index in [2.05, 4.69) is 10.3 Å². The van der Waals surface area contributed by atoms with Gasteiger partial charge in [0.15, 0.2) is 0 Å². The molecular formula is C16H13ClN2. The summed E-state index contributed by atoms with van der Waals surface area (Å²) in [5, 5.41) is 2.36. The summed E-state index contributed by atoms with van der Waals surface area (Å²) in [6.45, 7) is 0. The van der Waals surface area contributed by atoms with Gasteiger partial charge in [-0.25, -0.2) is 4.99 Å². The highest BCUT2D eigenvalue weighted by Gasteiger charge is 2.30. The fraction of sp³-hybridized carbons (Fsp3) is 0.0625. The van der Waals surface area contributed by atoms with Gasteiger partial charge in [0, 0.05) is 17.5 Å². The van der Waals surface area contributed by atoms with E-state index in [0.29, 0.717) is 0 Å². The van der Waals surface area contributed by atoms with Gasteiger partial charge in [-0.05, 0) is 11.6 Å². The fourth-order valence-corrected chi connectivity index (χ4v) is 2.34. The summed E-state index contributed by atoms with van der Waals surface area (Å²) in [6, 6.07) is 19.9. The molecular weight excluding hydrogens is 256 g/mol. The third kappa shape index (κ3) is 2.40. The van der Waals surface area contributed by atoms with Crippen molar-refractivity contribution in [3.63, 3.8) is 0 Å². The fourth-order valence-electron chi connectivity index (χ4n) is 2.06. The molecule has 0 bridgehead atoms. The van der Waals surface area contributed by atoms with Crippen LogP contribution in [0.4, 0.5) is 0 Å². The number of hydrogen-bond acceptors (Lipinski definition) is 2. The van der Waals surface area contributed by atoms with E-state index in [0.717, 1.165) is 16.8 Å². The Morgan fingerprint density at radius 1 is 0.895 bits per heavy atom. The zero-order valence-corrected chi connectivity index (χ0v) is 11.0. The van der Waals surface area contributed by atoms with Crippen molar-refractivity contribution in [2.45, 2.75) is 5.12 Å². The van der Waals surface area contributed by atoms with Crippen molar-refractivity contribution in [2.75, 3.05) is 0 Å². The Balaban J connectivity index is 1.94. The number of halogens is 1. The Morgan fingerprint density at radius 2 is 1.53 bits per heavy atom. The molecule has 1 aliphatic rings. The second kappa shape index (κ2) is 4.90. The van der Waals surface area contributed by atoms with Crippen LogP contribution in [0.5, 0.6) is 0 Å². The van der Waals surface area contributed by atoms with Crippen LogP contribution in [0, 0.1) is 0 Å². The monoisotopic (exact) mass is 268 g/mol. The summed E-state index contributed by atoms with van der Waals surface area (Å²) >= 11 is 6.60. The third-order valence-electron chi connectivity index (χ3n) is 3.04. The quantitative estimate of drug-likeness (QED) is 0.651. The number of alkyl halides is 1. The van der Waals surface area contributed by atoms with Crippen molar-refractivity contribution in [3.05, 3.63) is 77.9 Å². The van der Waals surface area contributed by atoms with Crippen LogP contribution in [-0.2, 0) is 5.12 Å². The molecule has 3 rings (SSSR count). The van der Waals surface area contributed by atoms with Gasteiger partial charge in [-0.15, -0.1) is 0 Å². The van der Waals surface area contributed by atoms with Crippen molar-refractivity contribution >= 4 is 23.5 Å². The molecule has 0 fully saturated rings. The normalized spacial score (nSPS) is 21.6. The smallest absolute Gasteiger partial charge is 0.232 e. The number of nitrogens with zero attached hydrogens (tertiary/aromatic N) is 1. The largest absolute Gasteiger partial charge is 0.344 e. The van der Waals surface area contributed by atoms with Gasteiger partial charge < -0.3 is 5.32 Å². The van der Waals surface area contributed by atoms with Crippen molar-refractivity contribution in [1.29, 1.82) is 0 Å². The van der Waals surface area contributed by atoms with Gasteiger partial charge in [0.1, 0.15) is 0 Å². The van der Waals surface area contributed by atoms with Crippen LogP contribution in [0.25, 0.3) is 5.70 Å². The van der Waals surface area contributed by atoms with Crippen molar-refractivity contribution in [2.24, 2.45) is 4.99 Å². The molecule has 2 aromatic rings. The first-order chi connectivity index (χ1) is 9.28. The molecule has 3 heteroatoms. The lowest BCUT2D eigenvalue weighted by atomic mass is 10.1. The second-order valence-corrected chi connectivity index (χ2v) is 4.88. The summed E-state index contributed by atoms with van der Waals surface area (Å²) < 4.78 is 0. The number of rotatable bonds is 2. The van der Waals surface area contributed by atoms with Gasteiger partial charge in [-0.3, -0.25) is 0 Å². The van der Waals surface area contributed by atoms with Gasteiger partial charge in [0.25, 0.3) is 0 Å². The lowest BCUT2D eigenvalue weighted by molar-refractivity contribution is 0.586. The molecule has 1 atom stereocenters. The highest BCUT2D eigenvalue weighted by atomic mass is 35.5. The van der Waals surface area contributed by atoms with E-state index in [-0.39, 0.29) is 0 Å². The average Bonchev–Trinajstić information content (AvgIpc) is 2.49. The van der Waals surface area contributed by atoms with Crippen LogP contribution >= 0.6 is 11.6 Å². The van der Waals surface area contributed by atoms with E-state index < -0.39 is 5.12 Å². The highest BCUT2D eigenvalue weighted by molar-refractivity contribution is 6.25. The molecule has 2 nitrogen and oxygen atoms in total. The molecule has 19 heavy (non-hydrogen) atoms. The zero-order chi connectivity index (χ0) is 13.1. The minimum Gasteiger partial charge on any atom is -0.344 e. The third-order valence-corrected chi connectivity index (χ3v) is 3.45. The second-order valence-electron chi connectivity index (χ2n) is 4.34. The van der Waals surface area contributed by atoms with Crippen LogP contribution in [0.15, 0.2) is 71.7 Å². The maximum atomic E-state index is 6.60. The summed E-state index contributed by atoms with van der Waals surface area (Å²) in [5.41, 5.74) is 2.98. The number of benzene rings is 2. The first-order valence-corrected chi connectivity index (χ1v) is 6.49. The number of allylic oxidation sites excluding steroid dienone is 1. The Hall–Kier alpha value is -2.06. The summed E-state index contributed by atoms with van der Waals surface area (Å²) in [4.78, 5) is 4.36. The van der Waals surface area contributed by atoms with Gasteiger partial charge >= 0.3 is 0 Å². The first kappa shape index (κ1) is 12.0. The van der Waals surface area contributed by atoms with E-state index in [4.69, 9.17) is 11.6 Å². The number of nitrogens with one attached hydrogen (secondary N) is 1. The Bertz CT molecular complexity index is 620. The predicted octanol–water partition coefficient (Wildman–Crippen LogP) is 3.75.